The molecule has 5 unspecified atom stereocenters. The molecule has 2 aromatic rings. The van der Waals surface area contributed by atoms with Crippen molar-refractivity contribution in [1.29, 1.82) is 0 Å². The van der Waals surface area contributed by atoms with Crippen LogP contribution >= 0.6 is 0 Å². The largest absolute Gasteiger partial charge is 0.406 e. The highest BCUT2D eigenvalue weighted by Gasteiger charge is 2.54. The molecule has 0 spiro atoms. The maximum Gasteiger partial charge on any atom is 0.406 e. The maximum absolute atomic E-state index is 13.4. The van der Waals surface area contributed by atoms with Crippen LogP contribution in [-0.2, 0) is 4.79 Å². The topological polar surface area (TPSA) is 69.3 Å². The third kappa shape index (κ3) is 4.41. The van der Waals surface area contributed by atoms with Gasteiger partial charge in [-0.15, -0.1) is 0 Å². The van der Waals surface area contributed by atoms with Gasteiger partial charge in [0.2, 0.25) is 5.91 Å². The highest BCUT2D eigenvalue weighted by atomic mass is 19.4. The molecule has 1 saturated carbocycles. The van der Waals surface area contributed by atoms with E-state index in [-0.39, 0.29) is 23.7 Å². The number of halogens is 4. The smallest absolute Gasteiger partial charge is 0.340 e. The first-order valence-electron chi connectivity index (χ1n) is 11.1. The number of rotatable bonds is 4. The van der Waals surface area contributed by atoms with Crippen LogP contribution in [0.3, 0.4) is 0 Å². The highest BCUT2D eigenvalue weighted by molar-refractivity contribution is 5.82. The van der Waals surface area contributed by atoms with Crippen molar-refractivity contribution < 1.29 is 22.4 Å². The maximum atomic E-state index is 13.4. The van der Waals surface area contributed by atoms with E-state index in [1.54, 1.807) is 24.4 Å². The number of aromatic nitrogens is 1. The number of nitrogens with zero attached hydrogens (tertiary/aromatic N) is 2. The van der Waals surface area contributed by atoms with Gasteiger partial charge in [-0.2, -0.15) is 13.2 Å². The van der Waals surface area contributed by atoms with Crippen molar-refractivity contribution in [2.24, 2.45) is 11.8 Å². The van der Waals surface area contributed by atoms with Crippen molar-refractivity contribution in [3.63, 3.8) is 0 Å². The molecule has 0 bridgehead atoms. The molecule has 2 aliphatic heterocycles. The lowest BCUT2D eigenvalue weighted by molar-refractivity contribution is -0.178. The van der Waals surface area contributed by atoms with Crippen LogP contribution in [-0.4, -0.2) is 47.1 Å². The van der Waals surface area contributed by atoms with Crippen LogP contribution in [0.1, 0.15) is 30.7 Å². The number of amides is 1. The molecule has 3 fully saturated rings. The summed E-state index contributed by atoms with van der Waals surface area (Å²) in [7, 11) is 0. The number of hydrazine groups is 1. The van der Waals surface area contributed by atoms with Crippen LogP contribution in [0.4, 0.5) is 29.1 Å². The van der Waals surface area contributed by atoms with Crippen molar-refractivity contribution in [2.75, 3.05) is 18.4 Å². The van der Waals surface area contributed by atoms with Crippen molar-refractivity contribution in [1.82, 2.24) is 20.7 Å². The van der Waals surface area contributed by atoms with E-state index in [9.17, 15) is 22.4 Å². The Labute approximate surface area is 188 Å². The number of likely N-dealkylation sites (tertiary alicyclic amines) is 1. The van der Waals surface area contributed by atoms with E-state index in [0.717, 1.165) is 16.9 Å². The Balaban J connectivity index is 1.42. The number of anilines is 2. The standard InChI is InChI=1S/C23H25F4N5O/c24-14-4-6-15(7-5-14)30-21-16(2-1-9-28-21)13-3-8-17-19(10-13)32(12-23(25,26)27)22(33)18-11-29-31-20(17)18/h1-2,4-7,9,13,17-20,29,31H,3,8,10-12H2,(H,28,30). The zero-order valence-corrected chi connectivity index (χ0v) is 17.8. The molecule has 0 radical (unpaired) electrons. The molecule has 1 aromatic heterocycles. The Morgan fingerprint density at radius 2 is 1.94 bits per heavy atom. The number of pyridine rings is 1. The highest BCUT2D eigenvalue weighted by Crippen LogP contribution is 2.46. The first-order chi connectivity index (χ1) is 15.8. The second-order valence-corrected chi connectivity index (χ2v) is 9.05. The Morgan fingerprint density at radius 3 is 2.70 bits per heavy atom. The Kier molecular flexibility index (Phi) is 5.74. The lowest BCUT2D eigenvalue weighted by Gasteiger charge is -2.50. The van der Waals surface area contributed by atoms with Crippen LogP contribution < -0.4 is 16.2 Å². The number of carbonyl (C=O) groups is 1. The summed E-state index contributed by atoms with van der Waals surface area (Å²) in [6.45, 7) is -0.879. The number of nitrogens with one attached hydrogen (secondary N) is 3. The van der Waals surface area contributed by atoms with Gasteiger partial charge < -0.3 is 10.2 Å². The summed E-state index contributed by atoms with van der Waals surface area (Å²) >= 11 is 0. The lowest BCUT2D eigenvalue weighted by Crippen LogP contribution is -2.63. The molecule has 5 atom stereocenters. The fraction of sp³-hybridized carbons (Fsp3) is 0.478. The second kappa shape index (κ2) is 8.57. The minimum atomic E-state index is -4.46. The third-order valence-electron chi connectivity index (χ3n) is 7.09. The van der Waals surface area contributed by atoms with Gasteiger partial charge in [0, 0.05) is 30.5 Å². The summed E-state index contributed by atoms with van der Waals surface area (Å²) < 4.78 is 53.5. The van der Waals surface area contributed by atoms with Gasteiger partial charge in [-0.05, 0) is 67.0 Å². The minimum absolute atomic E-state index is 0.0496. The lowest BCUT2D eigenvalue weighted by atomic mass is 9.67. The number of piperidine rings is 1. The molecule has 33 heavy (non-hydrogen) atoms. The van der Waals surface area contributed by atoms with E-state index >= 15 is 0 Å². The summed E-state index contributed by atoms with van der Waals surface area (Å²) in [5.74, 6) is -0.772. The number of hydrogen-bond donors (Lipinski definition) is 3. The van der Waals surface area contributed by atoms with Crippen LogP contribution in [0.2, 0.25) is 0 Å². The summed E-state index contributed by atoms with van der Waals surface area (Å²) in [6.07, 6.45) is -0.897. The molecule has 176 valence electrons. The van der Waals surface area contributed by atoms with Crippen molar-refractivity contribution in [3.05, 3.63) is 54.0 Å². The first kappa shape index (κ1) is 22.1. The normalized spacial score (nSPS) is 29.5. The van der Waals surface area contributed by atoms with Crippen LogP contribution in [0.5, 0.6) is 0 Å². The molecule has 3 heterocycles. The summed E-state index contributed by atoms with van der Waals surface area (Å²) in [5, 5.41) is 3.20. The molecule has 3 N–H and O–H groups in total. The van der Waals surface area contributed by atoms with E-state index in [1.165, 1.54) is 12.1 Å². The summed E-state index contributed by atoms with van der Waals surface area (Å²) in [4.78, 5) is 18.5. The first-order valence-corrected chi connectivity index (χ1v) is 11.1. The molecular weight excluding hydrogens is 438 g/mol. The number of benzene rings is 1. The van der Waals surface area contributed by atoms with Gasteiger partial charge in [0.05, 0.1) is 5.92 Å². The molecule has 6 nitrogen and oxygen atoms in total. The Morgan fingerprint density at radius 1 is 1.15 bits per heavy atom. The summed E-state index contributed by atoms with van der Waals surface area (Å²) in [6, 6.07) is 8.96. The Hall–Kier alpha value is -2.72. The average molecular weight is 463 g/mol. The van der Waals surface area contributed by atoms with E-state index in [0.29, 0.717) is 30.9 Å². The molecule has 2 saturated heterocycles. The molecular formula is C23H25F4N5O. The fourth-order valence-electron chi connectivity index (χ4n) is 5.68. The zero-order valence-electron chi connectivity index (χ0n) is 17.8. The predicted molar refractivity (Wildman–Crippen MR) is 114 cm³/mol. The average Bonchev–Trinajstić information content (AvgIpc) is 3.28. The van der Waals surface area contributed by atoms with Crippen LogP contribution in [0.25, 0.3) is 0 Å². The molecule has 3 aliphatic rings. The van der Waals surface area contributed by atoms with Gasteiger partial charge >= 0.3 is 6.18 Å². The van der Waals surface area contributed by atoms with E-state index < -0.39 is 30.6 Å². The quantitative estimate of drug-likeness (QED) is 0.604. The third-order valence-corrected chi connectivity index (χ3v) is 7.09. The molecule has 1 aliphatic carbocycles. The van der Waals surface area contributed by atoms with Crippen LogP contribution in [0, 0.1) is 17.7 Å². The number of fused-ring (bicyclic) bond motifs is 3. The molecule has 5 rings (SSSR count). The number of hydrogen-bond acceptors (Lipinski definition) is 5. The monoisotopic (exact) mass is 463 g/mol. The predicted octanol–water partition coefficient (Wildman–Crippen LogP) is 3.71. The van der Waals surface area contributed by atoms with E-state index in [2.05, 4.69) is 21.2 Å². The fourth-order valence-corrected chi connectivity index (χ4v) is 5.68. The van der Waals surface area contributed by atoms with Gasteiger partial charge in [0.15, 0.2) is 0 Å². The Bertz CT molecular complexity index is 1010. The summed E-state index contributed by atoms with van der Waals surface area (Å²) in [5.41, 5.74) is 7.67. The molecule has 10 heteroatoms. The van der Waals surface area contributed by atoms with Crippen LogP contribution in [0.15, 0.2) is 42.6 Å². The van der Waals surface area contributed by atoms with E-state index in [1.807, 2.05) is 6.07 Å². The van der Waals surface area contributed by atoms with Gasteiger partial charge in [-0.1, -0.05) is 6.07 Å². The van der Waals surface area contributed by atoms with Gasteiger partial charge in [0.25, 0.3) is 0 Å². The van der Waals surface area contributed by atoms with Gasteiger partial charge in [0.1, 0.15) is 18.2 Å². The van der Waals surface area contributed by atoms with E-state index in [4.69, 9.17) is 0 Å². The number of alkyl halides is 3. The van der Waals surface area contributed by atoms with Gasteiger partial charge in [-0.25, -0.2) is 9.37 Å². The number of carbonyl (C=O) groups excluding carboxylic acids is 1. The SMILES string of the molecule is O=C1C2CNNC2C2CCC(c3cccnc3Nc3ccc(F)cc3)CC2N1CC(F)(F)F. The van der Waals surface area contributed by atoms with Crippen molar-refractivity contribution in [3.8, 4) is 0 Å². The molecule has 1 aromatic carbocycles. The second-order valence-electron chi connectivity index (χ2n) is 9.05. The molecule has 1 amide bonds. The van der Waals surface area contributed by atoms with Crippen molar-refractivity contribution in [2.45, 2.75) is 43.4 Å². The van der Waals surface area contributed by atoms with Crippen molar-refractivity contribution >= 4 is 17.4 Å². The minimum Gasteiger partial charge on any atom is -0.340 e. The zero-order chi connectivity index (χ0) is 23.2. The van der Waals surface area contributed by atoms with Gasteiger partial charge in [-0.3, -0.25) is 15.6 Å².